The van der Waals surface area contributed by atoms with E-state index in [4.69, 9.17) is 0 Å². The Bertz CT molecular complexity index is 915. The van der Waals surface area contributed by atoms with E-state index in [1.54, 1.807) is 17.5 Å². The van der Waals surface area contributed by atoms with E-state index in [2.05, 4.69) is 21.4 Å². The molecule has 5 heteroatoms. The number of fused-ring (bicyclic) bond motifs is 1. The Hall–Kier alpha value is -2.53. The molecule has 0 radical (unpaired) electrons. The maximum atomic E-state index is 12.8. The van der Waals surface area contributed by atoms with E-state index >= 15 is 0 Å². The van der Waals surface area contributed by atoms with Crippen molar-refractivity contribution in [1.82, 2.24) is 9.97 Å². The van der Waals surface area contributed by atoms with Gasteiger partial charge in [0.25, 0.3) is 5.91 Å². The van der Waals surface area contributed by atoms with Crippen molar-refractivity contribution in [2.24, 2.45) is 0 Å². The van der Waals surface area contributed by atoms with Crippen LogP contribution in [0.3, 0.4) is 0 Å². The van der Waals surface area contributed by atoms with Crippen LogP contribution in [-0.2, 0) is 6.42 Å². The molecule has 4 nitrogen and oxygen atoms in total. The number of amides is 1. The van der Waals surface area contributed by atoms with Crippen LogP contribution < -0.4 is 4.90 Å². The Morgan fingerprint density at radius 2 is 2.08 bits per heavy atom. The average molecular weight is 335 g/mol. The van der Waals surface area contributed by atoms with Gasteiger partial charge in [-0.1, -0.05) is 6.07 Å². The van der Waals surface area contributed by atoms with Crippen molar-refractivity contribution >= 4 is 22.9 Å². The summed E-state index contributed by atoms with van der Waals surface area (Å²) in [6.07, 6.45) is 2.53. The predicted molar refractivity (Wildman–Crippen MR) is 96.6 cm³/mol. The lowest BCUT2D eigenvalue weighted by Crippen LogP contribution is -2.28. The van der Waals surface area contributed by atoms with Crippen molar-refractivity contribution in [3.05, 3.63) is 63.7 Å². The number of thiazole rings is 1. The summed E-state index contributed by atoms with van der Waals surface area (Å²) >= 11 is 1.65. The van der Waals surface area contributed by atoms with E-state index in [9.17, 15) is 4.79 Å². The third-order valence-electron chi connectivity index (χ3n) is 4.29. The largest absolute Gasteiger partial charge is 0.308 e. The second-order valence-electron chi connectivity index (χ2n) is 5.99. The average Bonchev–Trinajstić information content (AvgIpc) is 3.20. The summed E-state index contributed by atoms with van der Waals surface area (Å²) < 4.78 is 0. The topological polar surface area (TPSA) is 46.1 Å². The van der Waals surface area contributed by atoms with Gasteiger partial charge in [-0.05, 0) is 50.1 Å². The van der Waals surface area contributed by atoms with Crippen LogP contribution in [0.1, 0.15) is 26.6 Å². The van der Waals surface area contributed by atoms with Gasteiger partial charge in [0.2, 0.25) is 0 Å². The molecule has 24 heavy (non-hydrogen) atoms. The number of pyridine rings is 1. The summed E-state index contributed by atoms with van der Waals surface area (Å²) in [6.45, 7) is 4.64. The van der Waals surface area contributed by atoms with Crippen molar-refractivity contribution in [3.8, 4) is 11.3 Å². The maximum Gasteiger partial charge on any atom is 0.259 e. The molecule has 0 saturated heterocycles. The number of benzene rings is 1. The lowest BCUT2D eigenvalue weighted by atomic mass is 10.1. The molecule has 120 valence electrons. The summed E-state index contributed by atoms with van der Waals surface area (Å²) in [5, 5.41) is 3.14. The predicted octanol–water partition coefficient (Wildman–Crippen LogP) is 4.02. The van der Waals surface area contributed by atoms with E-state index in [0.717, 1.165) is 34.1 Å². The van der Waals surface area contributed by atoms with Gasteiger partial charge in [0.05, 0.1) is 16.3 Å². The molecule has 0 unspecified atom stereocenters. The molecule has 2 aromatic heterocycles. The molecule has 1 aliphatic rings. The number of carbonyl (C=O) groups excluding carboxylic acids is 1. The van der Waals surface area contributed by atoms with Crippen LogP contribution in [0.25, 0.3) is 11.3 Å². The fraction of sp³-hybridized carbons (Fsp3) is 0.211. The highest BCUT2D eigenvalue weighted by atomic mass is 32.1. The molecule has 4 rings (SSSR count). The van der Waals surface area contributed by atoms with Crippen molar-refractivity contribution in [2.75, 3.05) is 11.4 Å². The van der Waals surface area contributed by atoms with E-state index in [1.165, 1.54) is 5.56 Å². The summed E-state index contributed by atoms with van der Waals surface area (Å²) in [5.74, 6) is 0.0125. The number of hydrogen-bond donors (Lipinski definition) is 0. The summed E-state index contributed by atoms with van der Waals surface area (Å²) in [6, 6.07) is 9.95. The van der Waals surface area contributed by atoms with Crippen molar-refractivity contribution in [1.29, 1.82) is 0 Å². The molecule has 0 fully saturated rings. The van der Waals surface area contributed by atoms with Crippen LogP contribution in [0.5, 0.6) is 0 Å². The van der Waals surface area contributed by atoms with E-state index < -0.39 is 0 Å². The normalized spacial score (nSPS) is 13.2. The SMILES string of the molecule is Cc1ccc(C(=O)N2CCc3cc(-c4csc(C)n4)ccc32)cn1. The quantitative estimate of drug-likeness (QED) is 0.710. The highest BCUT2D eigenvalue weighted by Crippen LogP contribution is 2.33. The first-order valence-electron chi connectivity index (χ1n) is 7.92. The Kier molecular flexibility index (Phi) is 3.65. The number of anilines is 1. The minimum absolute atomic E-state index is 0.0125. The first-order valence-corrected chi connectivity index (χ1v) is 8.80. The first kappa shape index (κ1) is 15.0. The van der Waals surface area contributed by atoms with Gasteiger partial charge in [0.15, 0.2) is 0 Å². The van der Waals surface area contributed by atoms with Gasteiger partial charge >= 0.3 is 0 Å². The first-order chi connectivity index (χ1) is 11.6. The van der Waals surface area contributed by atoms with Gasteiger partial charge in [0, 0.05) is 35.1 Å². The zero-order chi connectivity index (χ0) is 16.7. The summed E-state index contributed by atoms with van der Waals surface area (Å²) in [5.41, 5.74) is 5.87. The molecular formula is C19H17N3OS. The molecule has 0 atom stereocenters. The molecule has 0 saturated carbocycles. The van der Waals surface area contributed by atoms with Crippen molar-refractivity contribution in [2.45, 2.75) is 20.3 Å². The molecule has 1 aromatic carbocycles. The van der Waals surface area contributed by atoms with Crippen LogP contribution in [0.15, 0.2) is 41.9 Å². The molecule has 1 amide bonds. The minimum atomic E-state index is 0.0125. The van der Waals surface area contributed by atoms with Crippen LogP contribution >= 0.6 is 11.3 Å². The number of aromatic nitrogens is 2. The zero-order valence-electron chi connectivity index (χ0n) is 13.6. The third-order valence-corrected chi connectivity index (χ3v) is 5.07. The summed E-state index contributed by atoms with van der Waals surface area (Å²) in [4.78, 5) is 23.4. The lowest BCUT2D eigenvalue weighted by molar-refractivity contribution is 0.0989. The number of carbonyl (C=O) groups is 1. The van der Waals surface area contributed by atoms with Crippen molar-refractivity contribution < 1.29 is 4.79 Å². The Balaban J connectivity index is 1.64. The smallest absolute Gasteiger partial charge is 0.259 e. The molecule has 0 aliphatic carbocycles. The number of hydrogen-bond acceptors (Lipinski definition) is 4. The Labute approximate surface area is 144 Å². The molecule has 0 spiro atoms. The Morgan fingerprint density at radius 1 is 1.21 bits per heavy atom. The molecule has 3 aromatic rings. The molecular weight excluding hydrogens is 318 g/mol. The van der Waals surface area contributed by atoms with E-state index in [1.807, 2.05) is 43.0 Å². The molecule has 0 bridgehead atoms. The van der Waals surface area contributed by atoms with E-state index in [0.29, 0.717) is 12.1 Å². The van der Waals surface area contributed by atoms with Crippen LogP contribution in [-0.4, -0.2) is 22.4 Å². The monoisotopic (exact) mass is 335 g/mol. The second kappa shape index (κ2) is 5.83. The van der Waals surface area contributed by atoms with E-state index in [-0.39, 0.29) is 5.91 Å². The molecule has 0 N–H and O–H groups in total. The number of aryl methyl sites for hydroxylation is 2. The fourth-order valence-electron chi connectivity index (χ4n) is 3.02. The highest BCUT2D eigenvalue weighted by molar-refractivity contribution is 7.09. The maximum absolute atomic E-state index is 12.8. The highest BCUT2D eigenvalue weighted by Gasteiger charge is 2.26. The lowest BCUT2D eigenvalue weighted by Gasteiger charge is -2.17. The molecule has 1 aliphatic heterocycles. The minimum Gasteiger partial charge on any atom is -0.308 e. The van der Waals surface area contributed by atoms with Crippen LogP contribution in [0, 0.1) is 13.8 Å². The van der Waals surface area contributed by atoms with Crippen molar-refractivity contribution in [3.63, 3.8) is 0 Å². The molecule has 3 heterocycles. The van der Waals surface area contributed by atoms with Gasteiger partial charge in [-0.2, -0.15) is 0 Å². The second-order valence-corrected chi connectivity index (χ2v) is 7.05. The zero-order valence-corrected chi connectivity index (χ0v) is 14.4. The third kappa shape index (κ3) is 2.61. The van der Waals surface area contributed by atoms with Gasteiger partial charge in [-0.15, -0.1) is 11.3 Å². The van der Waals surface area contributed by atoms with Crippen LogP contribution in [0.4, 0.5) is 5.69 Å². The van der Waals surface area contributed by atoms with Gasteiger partial charge in [-0.25, -0.2) is 4.98 Å². The number of rotatable bonds is 2. The van der Waals surface area contributed by atoms with Gasteiger partial charge in [-0.3, -0.25) is 9.78 Å². The fourth-order valence-corrected chi connectivity index (χ4v) is 3.64. The Morgan fingerprint density at radius 3 is 2.79 bits per heavy atom. The standard InChI is InChI=1S/C19H17N3OS/c1-12-3-4-16(10-20-12)19(23)22-8-7-15-9-14(5-6-18(15)22)17-11-24-13(2)21-17/h3-6,9-11H,7-8H2,1-2H3. The summed E-state index contributed by atoms with van der Waals surface area (Å²) in [7, 11) is 0. The van der Waals surface area contributed by atoms with Gasteiger partial charge in [0.1, 0.15) is 0 Å². The van der Waals surface area contributed by atoms with Gasteiger partial charge < -0.3 is 4.90 Å². The van der Waals surface area contributed by atoms with Crippen LogP contribution in [0.2, 0.25) is 0 Å². The number of nitrogens with zero attached hydrogens (tertiary/aromatic N) is 3.